The minimum absolute atomic E-state index is 0.0650. The Hall–Kier alpha value is -0.780. The molecule has 18 heavy (non-hydrogen) atoms. The van der Waals surface area contributed by atoms with Crippen LogP contribution in [0.1, 0.15) is 17.5 Å². The highest BCUT2D eigenvalue weighted by Gasteiger charge is 2.54. The van der Waals surface area contributed by atoms with E-state index in [9.17, 15) is 13.2 Å². The number of hydrogen-bond donors (Lipinski definition) is 2. The second kappa shape index (κ2) is 4.40. The molecule has 2 atom stereocenters. The van der Waals surface area contributed by atoms with E-state index in [1.807, 2.05) is 0 Å². The van der Waals surface area contributed by atoms with Gasteiger partial charge in [-0.25, -0.2) is 0 Å². The van der Waals surface area contributed by atoms with Gasteiger partial charge >= 0.3 is 6.18 Å². The molecular formula is C12H13ClF3NO. The van der Waals surface area contributed by atoms with Gasteiger partial charge in [-0.05, 0) is 30.0 Å². The van der Waals surface area contributed by atoms with Crippen LogP contribution in [0.5, 0.6) is 0 Å². The van der Waals surface area contributed by atoms with Crippen LogP contribution in [0.4, 0.5) is 13.2 Å². The number of nitrogens with two attached hydrogens (primary N) is 1. The van der Waals surface area contributed by atoms with Crippen LogP contribution in [0.3, 0.4) is 0 Å². The molecule has 100 valence electrons. The van der Waals surface area contributed by atoms with E-state index >= 15 is 0 Å². The number of aliphatic hydroxyl groups excluding tert-OH is 1. The third-order valence-corrected chi connectivity index (χ3v) is 3.99. The number of aliphatic hydroxyl groups is 1. The number of alkyl halides is 3. The maximum atomic E-state index is 12.8. The highest BCUT2D eigenvalue weighted by Crippen LogP contribution is 2.54. The van der Waals surface area contributed by atoms with Gasteiger partial charge < -0.3 is 10.8 Å². The molecule has 1 aliphatic carbocycles. The summed E-state index contributed by atoms with van der Waals surface area (Å²) in [6, 6.07) is 3.84. The first-order valence-electron chi connectivity index (χ1n) is 5.53. The zero-order valence-corrected chi connectivity index (χ0v) is 10.2. The van der Waals surface area contributed by atoms with Crippen LogP contribution in [-0.4, -0.2) is 18.3 Å². The minimum atomic E-state index is -4.48. The molecule has 0 saturated heterocycles. The fourth-order valence-corrected chi connectivity index (χ4v) is 2.62. The van der Waals surface area contributed by atoms with Crippen molar-refractivity contribution in [1.82, 2.24) is 0 Å². The van der Waals surface area contributed by atoms with Crippen molar-refractivity contribution < 1.29 is 18.3 Å². The SMILES string of the molecule is NC[C@@]1(c2ccc(Cl)c(C(F)(F)F)c2)C[C@H]1CO. The van der Waals surface area contributed by atoms with Crippen LogP contribution in [0.2, 0.25) is 5.02 Å². The summed E-state index contributed by atoms with van der Waals surface area (Å²) in [4.78, 5) is 0. The molecule has 6 heteroatoms. The summed E-state index contributed by atoms with van der Waals surface area (Å²) in [6.45, 7) is 0.151. The van der Waals surface area contributed by atoms with Crippen LogP contribution < -0.4 is 5.73 Å². The van der Waals surface area contributed by atoms with Crippen molar-refractivity contribution in [2.24, 2.45) is 11.7 Å². The molecule has 0 bridgehead atoms. The zero-order chi connectivity index (χ0) is 13.6. The van der Waals surface area contributed by atoms with Crippen LogP contribution in [0.15, 0.2) is 18.2 Å². The van der Waals surface area contributed by atoms with Gasteiger partial charge in [-0.3, -0.25) is 0 Å². The van der Waals surface area contributed by atoms with E-state index in [4.69, 9.17) is 22.4 Å². The second-order valence-electron chi connectivity index (χ2n) is 4.64. The Labute approximate surface area is 108 Å². The van der Waals surface area contributed by atoms with Crippen molar-refractivity contribution >= 4 is 11.6 Å². The Kier molecular flexibility index (Phi) is 3.34. The number of rotatable bonds is 3. The fraction of sp³-hybridized carbons (Fsp3) is 0.500. The summed E-state index contributed by atoms with van der Waals surface area (Å²) in [5, 5.41) is 8.79. The molecule has 0 radical (unpaired) electrons. The summed E-state index contributed by atoms with van der Waals surface area (Å²) in [5.41, 5.74) is 4.76. The summed E-state index contributed by atoms with van der Waals surface area (Å²) in [5.74, 6) is -0.0650. The van der Waals surface area contributed by atoms with Gasteiger partial charge in [0.1, 0.15) is 0 Å². The molecule has 0 unspecified atom stereocenters. The van der Waals surface area contributed by atoms with E-state index in [0.29, 0.717) is 12.0 Å². The average molecular weight is 280 g/mol. The quantitative estimate of drug-likeness (QED) is 0.893. The predicted molar refractivity (Wildman–Crippen MR) is 62.4 cm³/mol. The number of halogens is 4. The first-order chi connectivity index (χ1) is 8.35. The lowest BCUT2D eigenvalue weighted by molar-refractivity contribution is -0.137. The van der Waals surface area contributed by atoms with Crippen LogP contribution in [0.25, 0.3) is 0 Å². The van der Waals surface area contributed by atoms with Crippen LogP contribution in [0, 0.1) is 5.92 Å². The van der Waals surface area contributed by atoms with Gasteiger partial charge in [0.25, 0.3) is 0 Å². The van der Waals surface area contributed by atoms with Crippen LogP contribution >= 0.6 is 11.6 Å². The Morgan fingerprint density at radius 1 is 1.44 bits per heavy atom. The van der Waals surface area contributed by atoms with Gasteiger partial charge in [0.05, 0.1) is 10.6 Å². The van der Waals surface area contributed by atoms with Crippen molar-refractivity contribution in [1.29, 1.82) is 0 Å². The van der Waals surface area contributed by atoms with Gasteiger partial charge in [0, 0.05) is 18.6 Å². The maximum absolute atomic E-state index is 12.8. The van der Waals surface area contributed by atoms with Crippen molar-refractivity contribution in [2.45, 2.75) is 18.0 Å². The molecule has 1 saturated carbocycles. The molecule has 2 nitrogen and oxygen atoms in total. The van der Waals surface area contributed by atoms with E-state index in [-0.39, 0.29) is 24.1 Å². The number of hydrogen-bond acceptors (Lipinski definition) is 2. The van der Waals surface area contributed by atoms with Crippen molar-refractivity contribution in [3.8, 4) is 0 Å². The van der Waals surface area contributed by atoms with E-state index in [1.54, 1.807) is 6.07 Å². The summed E-state index contributed by atoms with van der Waals surface area (Å²) in [7, 11) is 0. The third kappa shape index (κ3) is 2.11. The normalized spacial score (nSPS) is 27.3. The molecule has 1 fully saturated rings. The fourth-order valence-electron chi connectivity index (χ4n) is 2.39. The predicted octanol–water partition coefficient (Wildman–Crippen LogP) is 2.57. The van der Waals surface area contributed by atoms with E-state index < -0.39 is 17.2 Å². The Morgan fingerprint density at radius 2 is 2.11 bits per heavy atom. The third-order valence-electron chi connectivity index (χ3n) is 3.66. The largest absolute Gasteiger partial charge is 0.417 e. The van der Waals surface area contributed by atoms with E-state index in [0.717, 1.165) is 6.07 Å². The molecule has 0 aromatic heterocycles. The maximum Gasteiger partial charge on any atom is 0.417 e. The topological polar surface area (TPSA) is 46.2 Å². The smallest absolute Gasteiger partial charge is 0.396 e. The van der Waals surface area contributed by atoms with Crippen molar-refractivity contribution in [3.63, 3.8) is 0 Å². The van der Waals surface area contributed by atoms with E-state index in [1.165, 1.54) is 6.07 Å². The van der Waals surface area contributed by atoms with Crippen molar-refractivity contribution in [3.05, 3.63) is 34.3 Å². The molecule has 0 amide bonds. The monoisotopic (exact) mass is 279 g/mol. The Morgan fingerprint density at radius 3 is 2.56 bits per heavy atom. The van der Waals surface area contributed by atoms with Gasteiger partial charge in [-0.15, -0.1) is 0 Å². The minimum Gasteiger partial charge on any atom is -0.396 e. The molecule has 3 N–H and O–H groups in total. The highest BCUT2D eigenvalue weighted by molar-refractivity contribution is 6.31. The summed E-state index contributed by atoms with van der Waals surface area (Å²) in [6.07, 6.45) is -3.87. The lowest BCUT2D eigenvalue weighted by atomic mass is 9.92. The summed E-state index contributed by atoms with van der Waals surface area (Å²) < 4.78 is 38.3. The second-order valence-corrected chi connectivity index (χ2v) is 5.04. The number of benzene rings is 1. The standard InChI is InChI=1S/C12H13ClF3NO/c13-10-2-1-7(3-9(10)12(14,15)16)11(6-17)4-8(11)5-18/h1-3,8,18H,4-6,17H2/t8-,11+/m0/s1. The molecule has 1 aromatic carbocycles. The van der Waals surface area contributed by atoms with Gasteiger partial charge in [0.15, 0.2) is 0 Å². The average Bonchev–Trinajstić information content (AvgIpc) is 3.03. The zero-order valence-electron chi connectivity index (χ0n) is 9.47. The summed E-state index contributed by atoms with van der Waals surface area (Å²) >= 11 is 5.56. The highest BCUT2D eigenvalue weighted by atomic mass is 35.5. The Balaban J connectivity index is 2.42. The van der Waals surface area contributed by atoms with Gasteiger partial charge in [-0.2, -0.15) is 13.2 Å². The molecule has 0 aliphatic heterocycles. The molecule has 1 aromatic rings. The lowest BCUT2D eigenvalue weighted by Crippen LogP contribution is -2.24. The van der Waals surface area contributed by atoms with Gasteiger partial charge in [-0.1, -0.05) is 17.7 Å². The van der Waals surface area contributed by atoms with Gasteiger partial charge in [0.2, 0.25) is 0 Å². The van der Waals surface area contributed by atoms with E-state index in [2.05, 4.69) is 0 Å². The molecule has 2 rings (SSSR count). The van der Waals surface area contributed by atoms with Crippen molar-refractivity contribution in [2.75, 3.05) is 13.2 Å². The van der Waals surface area contributed by atoms with Crippen LogP contribution in [-0.2, 0) is 11.6 Å². The lowest BCUT2D eigenvalue weighted by Gasteiger charge is -2.18. The Bertz CT molecular complexity index is 463. The molecule has 0 spiro atoms. The molecule has 0 heterocycles. The molecule has 1 aliphatic rings. The molecular weight excluding hydrogens is 267 g/mol. The first kappa shape index (κ1) is 13.6. The first-order valence-corrected chi connectivity index (χ1v) is 5.91.